The average molecular weight is 589 g/mol. The largest absolute Gasteiger partial charge is 0.465 e. The summed E-state index contributed by atoms with van der Waals surface area (Å²) >= 11 is 0. The molecule has 0 aromatic heterocycles. The SMILES string of the molecule is C=CCCCCOC(=O)[C@H]1[C@H]2C(=O)N([C@@H](CC)CO)C(C(=O)N(CC=C)c3ccc4ccccc4c3)C23CC[C@]1(CC)O3. The fourth-order valence-electron chi connectivity index (χ4n) is 7.70. The van der Waals surface area contributed by atoms with Crippen LogP contribution in [0, 0.1) is 11.8 Å². The Kier molecular flexibility index (Phi) is 9.09. The minimum Gasteiger partial charge on any atom is -0.465 e. The number of carbonyl (C=O) groups excluding carboxylic acids is 3. The lowest BCUT2D eigenvalue weighted by Gasteiger charge is -2.39. The molecule has 3 fully saturated rings. The number of allylic oxidation sites excluding steroid dienone is 1. The second kappa shape index (κ2) is 12.6. The van der Waals surface area contributed by atoms with E-state index in [4.69, 9.17) is 9.47 Å². The second-order valence-electron chi connectivity index (χ2n) is 12.0. The first-order valence-corrected chi connectivity index (χ1v) is 15.6. The van der Waals surface area contributed by atoms with Crippen LogP contribution in [0.15, 0.2) is 67.8 Å². The summed E-state index contributed by atoms with van der Waals surface area (Å²) in [6.45, 7) is 11.7. The first-order valence-electron chi connectivity index (χ1n) is 15.6. The molecule has 230 valence electrons. The summed E-state index contributed by atoms with van der Waals surface area (Å²) in [4.78, 5) is 46.2. The van der Waals surface area contributed by atoms with Crippen molar-refractivity contribution in [3.63, 3.8) is 0 Å². The third kappa shape index (κ3) is 5.08. The standard InChI is InChI=1S/C35H44N2O6/c1-5-9-10-13-21-42-33(41)29-28-31(39)37(26(7-3)23-38)30(35(28)19-18-34(29,8-4)43-35)32(40)36(20-6-2)27-17-16-24-14-11-12-15-25(24)22-27/h5-6,11-12,14-17,22,26,28-30,38H,1-2,7-10,13,18-21,23H2,3-4H3/t26-,28-,29+,30?,34-,35?/m0/s1. The van der Waals surface area contributed by atoms with Crippen LogP contribution in [-0.2, 0) is 23.9 Å². The van der Waals surface area contributed by atoms with Crippen LogP contribution in [0.25, 0.3) is 10.8 Å². The van der Waals surface area contributed by atoms with Gasteiger partial charge in [-0.2, -0.15) is 0 Å². The molecule has 2 unspecified atom stereocenters. The van der Waals surface area contributed by atoms with E-state index < -0.39 is 41.1 Å². The molecule has 2 aromatic rings. The molecule has 2 bridgehead atoms. The summed E-state index contributed by atoms with van der Waals surface area (Å²) in [6, 6.07) is 12.2. The highest BCUT2D eigenvalue weighted by Crippen LogP contribution is 2.65. The van der Waals surface area contributed by atoms with Crippen molar-refractivity contribution >= 4 is 34.2 Å². The van der Waals surface area contributed by atoms with E-state index in [1.165, 1.54) is 4.90 Å². The molecule has 2 amide bonds. The van der Waals surface area contributed by atoms with E-state index in [1.807, 2.05) is 62.4 Å². The van der Waals surface area contributed by atoms with Crippen molar-refractivity contribution in [2.75, 3.05) is 24.7 Å². The van der Waals surface area contributed by atoms with Crippen molar-refractivity contribution < 1.29 is 29.0 Å². The number of hydrogen-bond donors (Lipinski definition) is 1. The van der Waals surface area contributed by atoms with Crippen molar-refractivity contribution in [2.24, 2.45) is 11.8 Å². The van der Waals surface area contributed by atoms with E-state index in [9.17, 15) is 19.5 Å². The van der Waals surface area contributed by atoms with Gasteiger partial charge in [0.15, 0.2) is 0 Å². The molecule has 3 heterocycles. The molecule has 8 heteroatoms. The lowest BCUT2D eigenvalue weighted by atomic mass is 9.65. The van der Waals surface area contributed by atoms with E-state index in [0.29, 0.717) is 37.8 Å². The van der Waals surface area contributed by atoms with Crippen molar-refractivity contribution in [3.8, 4) is 0 Å². The molecule has 5 rings (SSSR count). The van der Waals surface area contributed by atoms with Crippen LogP contribution in [-0.4, -0.2) is 70.8 Å². The number of amides is 2. The number of rotatable bonds is 14. The summed E-state index contributed by atoms with van der Waals surface area (Å²) < 4.78 is 12.6. The highest BCUT2D eigenvalue weighted by atomic mass is 16.6. The van der Waals surface area contributed by atoms with Gasteiger partial charge in [-0.05, 0) is 67.9 Å². The van der Waals surface area contributed by atoms with Crippen molar-refractivity contribution in [1.82, 2.24) is 4.90 Å². The van der Waals surface area contributed by atoms with E-state index in [0.717, 1.165) is 23.6 Å². The highest BCUT2D eigenvalue weighted by Gasteiger charge is 2.79. The molecule has 2 aromatic carbocycles. The molecule has 1 spiro atoms. The summed E-state index contributed by atoms with van der Waals surface area (Å²) in [6.07, 6.45) is 7.88. The Morgan fingerprint density at radius 3 is 2.58 bits per heavy atom. The Balaban J connectivity index is 1.55. The zero-order valence-electron chi connectivity index (χ0n) is 25.4. The van der Waals surface area contributed by atoms with Gasteiger partial charge >= 0.3 is 5.97 Å². The van der Waals surface area contributed by atoms with Crippen LogP contribution in [0.5, 0.6) is 0 Å². The fourth-order valence-corrected chi connectivity index (χ4v) is 7.70. The van der Waals surface area contributed by atoms with Gasteiger partial charge in [0.05, 0.1) is 30.8 Å². The monoisotopic (exact) mass is 588 g/mol. The van der Waals surface area contributed by atoms with Gasteiger partial charge in [0.2, 0.25) is 5.91 Å². The number of unbranched alkanes of at least 4 members (excludes halogenated alkanes) is 2. The third-order valence-corrected chi connectivity index (χ3v) is 9.85. The fraction of sp³-hybridized carbons (Fsp3) is 0.514. The van der Waals surface area contributed by atoms with Crippen LogP contribution in [0.2, 0.25) is 0 Å². The number of likely N-dealkylation sites (tertiary alicyclic amines) is 1. The molecule has 43 heavy (non-hydrogen) atoms. The molecular formula is C35H44N2O6. The Hall–Kier alpha value is -3.49. The molecule has 3 aliphatic rings. The van der Waals surface area contributed by atoms with Crippen molar-refractivity contribution in [1.29, 1.82) is 0 Å². The molecule has 0 saturated carbocycles. The van der Waals surface area contributed by atoms with Gasteiger partial charge in [-0.3, -0.25) is 14.4 Å². The summed E-state index contributed by atoms with van der Waals surface area (Å²) in [5, 5.41) is 12.4. The van der Waals surface area contributed by atoms with Gasteiger partial charge in [-0.25, -0.2) is 0 Å². The minimum atomic E-state index is -1.20. The van der Waals surface area contributed by atoms with Crippen LogP contribution >= 0.6 is 0 Å². The summed E-state index contributed by atoms with van der Waals surface area (Å²) in [7, 11) is 0. The Morgan fingerprint density at radius 2 is 1.91 bits per heavy atom. The molecular weight excluding hydrogens is 544 g/mol. The normalized spacial score (nSPS) is 28.1. The van der Waals surface area contributed by atoms with Crippen LogP contribution in [0.3, 0.4) is 0 Å². The Labute approximate surface area is 254 Å². The van der Waals surface area contributed by atoms with E-state index >= 15 is 0 Å². The molecule has 3 saturated heterocycles. The van der Waals surface area contributed by atoms with Gasteiger partial charge in [-0.1, -0.05) is 56.3 Å². The molecule has 1 N–H and O–H groups in total. The van der Waals surface area contributed by atoms with E-state index in [-0.39, 0.29) is 31.6 Å². The molecule has 3 aliphatic heterocycles. The van der Waals surface area contributed by atoms with Gasteiger partial charge in [-0.15, -0.1) is 13.2 Å². The number of nitrogens with zero attached hydrogens (tertiary/aromatic N) is 2. The van der Waals surface area contributed by atoms with Crippen LogP contribution < -0.4 is 4.90 Å². The average Bonchev–Trinajstić information content (AvgIpc) is 3.63. The zero-order chi connectivity index (χ0) is 30.8. The minimum absolute atomic E-state index is 0.224. The predicted molar refractivity (Wildman–Crippen MR) is 166 cm³/mol. The smallest absolute Gasteiger partial charge is 0.312 e. The maximum atomic E-state index is 14.8. The topological polar surface area (TPSA) is 96.4 Å². The van der Waals surface area contributed by atoms with Gasteiger partial charge in [0, 0.05) is 12.2 Å². The maximum Gasteiger partial charge on any atom is 0.312 e. The van der Waals surface area contributed by atoms with Crippen LogP contribution in [0.4, 0.5) is 5.69 Å². The van der Waals surface area contributed by atoms with E-state index in [1.54, 1.807) is 11.0 Å². The molecule has 6 atom stereocenters. The quantitative estimate of drug-likeness (QED) is 0.186. The third-order valence-electron chi connectivity index (χ3n) is 9.85. The number of fused-ring (bicyclic) bond motifs is 2. The lowest BCUT2D eigenvalue weighted by Crippen LogP contribution is -2.59. The lowest BCUT2D eigenvalue weighted by molar-refractivity contribution is -0.162. The van der Waals surface area contributed by atoms with Crippen LogP contribution in [0.1, 0.15) is 58.8 Å². The first-order chi connectivity index (χ1) is 20.8. The number of benzene rings is 2. The number of carbonyl (C=O) groups is 3. The van der Waals surface area contributed by atoms with Gasteiger partial charge in [0.1, 0.15) is 17.6 Å². The molecule has 0 aliphatic carbocycles. The first kappa shape index (κ1) is 31.0. The number of esters is 1. The predicted octanol–water partition coefficient (Wildman–Crippen LogP) is 5.18. The summed E-state index contributed by atoms with van der Waals surface area (Å²) in [5.41, 5.74) is -1.40. The van der Waals surface area contributed by atoms with Crippen molar-refractivity contribution in [3.05, 3.63) is 67.8 Å². The maximum absolute atomic E-state index is 14.8. The molecule has 0 radical (unpaired) electrons. The summed E-state index contributed by atoms with van der Waals surface area (Å²) in [5.74, 6) is -2.74. The van der Waals surface area contributed by atoms with E-state index in [2.05, 4.69) is 13.2 Å². The van der Waals surface area contributed by atoms with Gasteiger partial charge < -0.3 is 24.4 Å². The number of aliphatic hydroxyl groups is 1. The number of anilines is 1. The van der Waals surface area contributed by atoms with Gasteiger partial charge in [0.25, 0.3) is 5.91 Å². The highest BCUT2D eigenvalue weighted by molar-refractivity contribution is 6.05. The number of aliphatic hydroxyl groups excluding tert-OH is 1. The number of ether oxygens (including phenoxy) is 2. The Morgan fingerprint density at radius 1 is 1.14 bits per heavy atom. The molecule has 8 nitrogen and oxygen atoms in total. The van der Waals surface area contributed by atoms with Crippen molar-refractivity contribution in [2.45, 2.75) is 82.1 Å². The zero-order valence-corrected chi connectivity index (χ0v) is 25.4. The Bertz CT molecular complexity index is 1390. The number of hydrogen-bond acceptors (Lipinski definition) is 6. The second-order valence-corrected chi connectivity index (χ2v) is 12.0.